The molecular weight excluding hydrogens is 255 g/mol. The molecule has 1 aliphatic rings. The van der Waals surface area contributed by atoms with Crippen LogP contribution in [0.5, 0.6) is 0 Å². The monoisotopic (exact) mass is 265 g/mol. The molecule has 0 saturated carbocycles. The fraction of sp³-hybridized carbons (Fsp3) is 0.143. The first-order valence-electron chi connectivity index (χ1n) is 5.64. The van der Waals surface area contributed by atoms with Gasteiger partial charge in [0.15, 0.2) is 0 Å². The van der Waals surface area contributed by atoms with E-state index in [1.807, 2.05) is 0 Å². The summed E-state index contributed by atoms with van der Waals surface area (Å²) in [7, 11) is 0. The van der Waals surface area contributed by atoms with Crippen LogP contribution in [-0.2, 0) is 5.60 Å². The molecule has 5 heteroatoms. The second-order valence-electron chi connectivity index (χ2n) is 4.56. The number of alkyl halides is 3. The lowest BCUT2D eigenvalue weighted by Crippen LogP contribution is -2.41. The first-order chi connectivity index (χ1) is 8.85. The Kier molecular flexibility index (Phi) is 2.23. The van der Waals surface area contributed by atoms with E-state index in [1.165, 1.54) is 30.3 Å². The highest BCUT2D eigenvalue weighted by Crippen LogP contribution is 2.55. The third-order valence-corrected chi connectivity index (χ3v) is 3.45. The number of fused-ring (bicyclic) bond motifs is 3. The highest BCUT2D eigenvalue weighted by atomic mass is 19.4. The Morgan fingerprint density at radius 2 is 1.58 bits per heavy atom. The zero-order valence-corrected chi connectivity index (χ0v) is 9.70. The minimum atomic E-state index is -4.79. The molecule has 2 nitrogen and oxygen atoms in total. The van der Waals surface area contributed by atoms with Crippen LogP contribution in [0.2, 0.25) is 0 Å². The number of benzene rings is 2. The normalized spacial score (nSPS) is 21.1. The van der Waals surface area contributed by atoms with Gasteiger partial charge in [0, 0.05) is 16.8 Å². The van der Waals surface area contributed by atoms with Crippen LogP contribution in [0.3, 0.4) is 0 Å². The summed E-state index contributed by atoms with van der Waals surface area (Å²) < 4.78 is 40.0. The Morgan fingerprint density at radius 1 is 0.947 bits per heavy atom. The molecule has 1 unspecified atom stereocenters. The number of nitrogen functional groups attached to an aromatic ring is 1. The van der Waals surface area contributed by atoms with Crippen molar-refractivity contribution in [1.82, 2.24) is 0 Å². The average Bonchev–Trinajstić information content (AvgIpc) is 2.61. The van der Waals surface area contributed by atoms with Gasteiger partial charge < -0.3 is 10.8 Å². The second-order valence-corrected chi connectivity index (χ2v) is 4.56. The third kappa shape index (κ3) is 1.42. The molecular formula is C14H10F3NO. The van der Waals surface area contributed by atoms with E-state index < -0.39 is 11.8 Å². The summed E-state index contributed by atoms with van der Waals surface area (Å²) >= 11 is 0. The Bertz CT molecular complexity index is 666. The molecule has 2 aromatic rings. The predicted molar refractivity (Wildman–Crippen MR) is 65.3 cm³/mol. The van der Waals surface area contributed by atoms with Gasteiger partial charge in [-0.2, -0.15) is 13.2 Å². The van der Waals surface area contributed by atoms with Gasteiger partial charge in [0.25, 0.3) is 0 Å². The van der Waals surface area contributed by atoms with Crippen molar-refractivity contribution in [3.8, 4) is 11.1 Å². The molecule has 19 heavy (non-hydrogen) atoms. The Morgan fingerprint density at radius 3 is 2.26 bits per heavy atom. The number of rotatable bonds is 0. The molecule has 0 aliphatic heterocycles. The van der Waals surface area contributed by atoms with Crippen molar-refractivity contribution in [3.05, 3.63) is 53.6 Å². The summed E-state index contributed by atoms with van der Waals surface area (Å²) in [4.78, 5) is 0. The zero-order valence-electron chi connectivity index (χ0n) is 9.70. The van der Waals surface area contributed by atoms with E-state index in [4.69, 9.17) is 5.73 Å². The van der Waals surface area contributed by atoms with Gasteiger partial charge >= 0.3 is 6.18 Å². The summed E-state index contributed by atoms with van der Waals surface area (Å²) in [6.07, 6.45) is -4.79. The van der Waals surface area contributed by atoms with Gasteiger partial charge in [0.1, 0.15) is 0 Å². The fourth-order valence-electron chi connectivity index (χ4n) is 2.58. The maximum absolute atomic E-state index is 13.3. The summed E-state index contributed by atoms with van der Waals surface area (Å²) in [5, 5.41) is 10.3. The lowest BCUT2D eigenvalue weighted by atomic mass is 9.91. The molecule has 0 heterocycles. The molecule has 0 saturated heterocycles. The van der Waals surface area contributed by atoms with Gasteiger partial charge in [-0.1, -0.05) is 30.3 Å². The summed E-state index contributed by atoms with van der Waals surface area (Å²) in [6.45, 7) is 0. The standard InChI is InChI=1S/C14H10F3NO/c15-14(16,17)13(19)11-4-2-1-3-9(11)10-7-8(18)5-6-12(10)13/h1-7,19H,18H2. The van der Waals surface area contributed by atoms with Crippen LogP contribution in [0, 0.1) is 0 Å². The average molecular weight is 265 g/mol. The molecule has 0 amide bonds. The van der Waals surface area contributed by atoms with Crippen LogP contribution in [0.15, 0.2) is 42.5 Å². The van der Waals surface area contributed by atoms with Gasteiger partial charge in [-0.25, -0.2) is 0 Å². The first kappa shape index (κ1) is 12.0. The predicted octanol–water partition coefficient (Wildman–Crippen LogP) is 3.05. The molecule has 3 N–H and O–H groups in total. The van der Waals surface area contributed by atoms with Gasteiger partial charge in [-0.3, -0.25) is 0 Å². The number of halogens is 3. The number of aliphatic hydroxyl groups is 1. The van der Waals surface area contributed by atoms with Crippen molar-refractivity contribution in [1.29, 1.82) is 0 Å². The number of anilines is 1. The summed E-state index contributed by atoms with van der Waals surface area (Å²) in [6, 6.07) is 10.0. The molecule has 1 aliphatic carbocycles. The van der Waals surface area contributed by atoms with Crippen LogP contribution in [-0.4, -0.2) is 11.3 Å². The molecule has 1 atom stereocenters. The highest BCUT2D eigenvalue weighted by Gasteiger charge is 2.60. The zero-order chi connectivity index (χ0) is 13.8. The van der Waals surface area contributed by atoms with Crippen LogP contribution in [0.4, 0.5) is 18.9 Å². The van der Waals surface area contributed by atoms with Crippen LogP contribution >= 0.6 is 0 Å². The largest absolute Gasteiger partial charge is 0.425 e. The summed E-state index contributed by atoms with van der Waals surface area (Å²) in [5.41, 5.74) is 3.39. The van der Waals surface area contributed by atoms with E-state index in [-0.39, 0.29) is 11.1 Å². The van der Waals surface area contributed by atoms with Crippen LogP contribution < -0.4 is 5.73 Å². The molecule has 2 aromatic carbocycles. The Labute approximate surface area is 107 Å². The SMILES string of the molecule is Nc1ccc2c(c1)-c1ccccc1C2(O)C(F)(F)F. The van der Waals surface area contributed by atoms with Crippen molar-refractivity contribution in [2.45, 2.75) is 11.8 Å². The van der Waals surface area contributed by atoms with Gasteiger partial charge in [0.05, 0.1) is 0 Å². The number of hydrogen-bond acceptors (Lipinski definition) is 2. The van der Waals surface area contributed by atoms with Gasteiger partial charge in [-0.15, -0.1) is 0 Å². The van der Waals surface area contributed by atoms with E-state index in [0.717, 1.165) is 0 Å². The van der Waals surface area contributed by atoms with Crippen molar-refractivity contribution in [2.75, 3.05) is 5.73 Å². The quantitative estimate of drug-likeness (QED) is 0.719. The molecule has 3 rings (SSSR count). The van der Waals surface area contributed by atoms with E-state index in [1.54, 1.807) is 12.1 Å². The van der Waals surface area contributed by atoms with Crippen molar-refractivity contribution in [2.24, 2.45) is 0 Å². The van der Waals surface area contributed by atoms with Gasteiger partial charge in [-0.05, 0) is 23.3 Å². The molecule has 0 spiro atoms. The first-order valence-corrected chi connectivity index (χ1v) is 5.64. The smallest absolute Gasteiger partial charge is 0.399 e. The molecule has 0 radical (unpaired) electrons. The maximum atomic E-state index is 13.3. The third-order valence-electron chi connectivity index (χ3n) is 3.45. The molecule has 0 fully saturated rings. The maximum Gasteiger partial charge on any atom is 0.425 e. The van der Waals surface area contributed by atoms with E-state index >= 15 is 0 Å². The summed E-state index contributed by atoms with van der Waals surface area (Å²) in [5.74, 6) is 0. The lowest BCUT2D eigenvalue weighted by molar-refractivity contribution is -0.246. The molecule has 0 bridgehead atoms. The van der Waals surface area contributed by atoms with Crippen molar-refractivity contribution in [3.63, 3.8) is 0 Å². The second kappa shape index (κ2) is 3.51. The highest BCUT2D eigenvalue weighted by molar-refractivity contribution is 5.82. The Balaban J connectivity index is 2.41. The topological polar surface area (TPSA) is 46.2 Å². The minimum absolute atomic E-state index is 0.150. The minimum Gasteiger partial charge on any atom is -0.399 e. The molecule has 98 valence electrons. The number of hydrogen-bond donors (Lipinski definition) is 2. The lowest BCUT2D eigenvalue weighted by Gasteiger charge is -2.28. The van der Waals surface area contributed by atoms with Gasteiger partial charge in [0.2, 0.25) is 5.60 Å². The van der Waals surface area contributed by atoms with E-state index in [2.05, 4.69) is 0 Å². The fourth-order valence-corrected chi connectivity index (χ4v) is 2.58. The van der Waals surface area contributed by atoms with Crippen molar-refractivity contribution >= 4 is 5.69 Å². The van der Waals surface area contributed by atoms with Crippen LogP contribution in [0.25, 0.3) is 11.1 Å². The Hall–Kier alpha value is -2.01. The van der Waals surface area contributed by atoms with E-state index in [9.17, 15) is 18.3 Å². The van der Waals surface area contributed by atoms with Crippen LogP contribution in [0.1, 0.15) is 11.1 Å². The van der Waals surface area contributed by atoms with Crippen molar-refractivity contribution < 1.29 is 18.3 Å². The number of nitrogens with two attached hydrogens (primary N) is 1. The molecule has 0 aromatic heterocycles. The van der Waals surface area contributed by atoms with E-state index in [0.29, 0.717) is 16.8 Å².